The fraction of sp³-hybridized carbons (Fsp3) is 0.111. The highest BCUT2D eigenvalue weighted by Gasteiger charge is 2.12. The Hall–Kier alpha value is -3.49. The normalized spacial score (nSPS) is 10.7. The molecule has 0 saturated heterocycles. The van der Waals surface area contributed by atoms with Gasteiger partial charge >= 0.3 is 0 Å². The summed E-state index contributed by atoms with van der Waals surface area (Å²) >= 11 is 0. The lowest BCUT2D eigenvalue weighted by atomic mass is 10.1. The Labute approximate surface area is 151 Å². The maximum absolute atomic E-state index is 13.2. The summed E-state index contributed by atoms with van der Waals surface area (Å²) < 4.78 is 40.7. The highest BCUT2D eigenvalue weighted by atomic mass is 19.2. The van der Waals surface area contributed by atoms with Crippen LogP contribution in [0.4, 0.5) is 19.0 Å². The number of carbonyl (C=O) groups excluding carboxylic acids is 1. The predicted molar refractivity (Wildman–Crippen MR) is 90.8 cm³/mol. The molecule has 0 saturated carbocycles. The number of halogens is 3. The Morgan fingerprint density at radius 2 is 1.78 bits per heavy atom. The second kappa shape index (κ2) is 7.40. The van der Waals surface area contributed by atoms with E-state index in [9.17, 15) is 22.8 Å². The van der Waals surface area contributed by atoms with Crippen molar-refractivity contribution in [2.75, 3.05) is 5.32 Å². The summed E-state index contributed by atoms with van der Waals surface area (Å²) in [6.45, 7) is 0. The van der Waals surface area contributed by atoms with Gasteiger partial charge in [0.1, 0.15) is 0 Å². The van der Waals surface area contributed by atoms with E-state index in [0.29, 0.717) is 5.69 Å². The number of rotatable bonds is 4. The first-order valence-corrected chi connectivity index (χ1v) is 7.77. The first-order valence-electron chi connectivity index (χ1n) is 7.77. The third-order valence-electron chi connectivity index (χ3n) is 3.74. The van der Waals surface area contributed by atoms with Crippen molar-refractivity contribution in [3.05, 3.63) is 87.2 Å². The average molecular weight is 374 g/mol. The lowest BCUT2D eigenvalue weighted by Crippen LogP contribution is -2.20. The number of hydrogen-bond acceptors (Lipinski definition) is 4. The maximum Gasteiger partial charge on any atom is 0.258 e. The minimum absolute atomic E-state index is 0.0378. The molecule has 1 aromatic carbocycles. The molecule has 1 N–H and O–H groups in total. The van der Waals surface area contributed by atoms with Crippen molar-refractivity contribution in [2.45, 2.75) is 6.42 Å². The summed E-state index contributed by atoms with van der Waals surface area (Å²) in [6, 6.07) is 7.41. The zero-order chi connectivity index (χ0) is 19.6. The molecule has 0 atom stereocenters. The van der Waals surface area contributed by atoms with E-state index in [2.05, 4.69) is 15.5 Å². The zero-order valence-electron chi connectivity index (χ0n) is 14.0. The van der Waals surface area contributed by atoms with Gasteiger partial charge < -0.3 is 9.88 Å². The molecule has 0 fully saturated rings. The number of amides is 1. The summed E-state index contributed by atoms with van der Waals surface area (Å²) in [4.78, 5) is 23.5. The van der Waals surface area contributed by atoms with Gasteiger partial charge in [-0.15, -0.1) is 5.10 Å². The number of nitrogens with zero attached hydrogens (tertiary/aromatic N) is 3. The van der Waals surface area contributed by atoms with Gasteiger partial charge in [0.2, 0.25) is 5.56 Å². The van der Waals surface area contributed by atoms with Crippen LogP contribution in [0.2, 0.25) is 0 Å². The van der Waals surface area contributed by atoms with Crippen LogP contribution < -0.4 is 10.9 Å². The van der Waals surface area contributed by atoms with E-state index in [1.54, 1.807) is 0 Å². The predicted octanol–water partition coefficient (Wildman–Crippen LogP) is 2.44. The van der Waals surface area contributed by atoms with Crippen LogP contribution in [0.1, 0.15) is 21.6 Å². The van der Waals surface area contributed by atoms with Crippen LogP contribution in [0.3, 0.4) is 0 Å². The molecule has 0 radical (unpaired) electrons. The van der Waals surface area contributed by atoms with Gasteiger partial charge in [0.25, 0.3) is 5.91 Å². The molecule has 6 nitrogen and oxygen atoms in total. The Morgan fingerprint density at radius 3 is 2.37 bits per heavy atom. The van der Waals surface area contributed by atoms with Crippen molar-refractivity contribution in [3.8, 4) is 0 Å². The molecule has 0 unspecified atom stereocenters. The van der Waals surface area contributed by atoms with Gasteiger partial charge in [0, 0.05) is 25.7 Å². The van der Waals surface area contributed by atoms with Gasteiger partial charge in [-0.3, -0.25) is 9.59 Å². The Balaban J connectivity index is 1.71. The second-order valence-electron chi connectivity index (χ2n) is 5.78. The third kappa shape index (κ3) is 4.20. The largest absolute Gasteiger partial charge is 0.318 e. The highest BCUT2D eigenvalue weighted by molar-refractivity contribution is 6.03. The number of aromatic nitrogens is 3. The molecule has 2 aromatic heterocycles. The summed E-state index contributed by atoms with van der Waals surface area (Å²) in [6.07, 6.45) is 1.42. The van der Waals surface area contributed by atoms with Crippen molar-refractivity contribution >= 4 is 11.7 Å². The Bertz CT molecular complexity index is 1040. The summed E-state index contributed by atoms with van der Waals surface area (Å²) in [5.41, 5.74) is 0.591. The highest BCUT2D eigenvalue weighted by Crippen LogP contribution is 2.16. The lowest BCUT2D eigenvalue weighted by Gasteiger charge is -2.06. The molecular formula is C18H13F3N4O2. The van der Waals surface area contributed by atoms with Crippen LogP contribution in [0.15, 0.2) is 47.4 Å². The van der Waals surface area contributed by atoms with Crippen LogP contribution in [0.5, 0.6) is 0 Å². The van der Waals surface area contributed by atoms with Crippen molar-refractivity contribution in [2.24, 2.45) is 7.05 Å². The lowest BCUT2D eigenvalue weighted by molar-refractivity contribution is 0.102. The minimum atomic E-state index is -1.53. The molecule has 1 amide bonds. The van der Waals surface area contributed by atoms with Crippen LogP contribution in [-0.4, -0.2) is 20.7 Å². The first kappa shape index (κ1) is 18.3. The molecular weight excluding hydrogens is 361 g/mol. The molecule has 0 spiro atoms. The molecule has 3 aromatic rings. The molecule has 0 aliphatic heterocycles. The zero-order valence-corrected chi connectivity index (χ0v) is 14.0. The standard InChI is InChI=1S/C18H13F3N4O2/c1-25-9-11(2-5-16(25)26)18(27)22-15-4-3-12(23-24-15)6-10-7-13(19)17(21)14(20)8-10/h2-5,7-9H,6H2,1H3,(H,22,24,27). The molecule has 0 aliphatic carbocycles. The average Bonchev–Trinajstić information content (AvgIpc) is 2.63. The van der Waals surface area contributed by atoms with E-state index < -0.39 is 23.4 Å². The fourth-order valence-electron chi connectivity index (χ4n) is 2.36. The summed E-state index contributed by atoms with van der Waals surface area (Å²) in [5.74, 6) is -4.40. The van der Waals surface area contributed by atoms with Gasteiger partial charge in [0.15, 0.2) is 23.3 Å². The number of benzene rings is 1. The molecule has 138 valence electrons. The minimum Gasteiger partial charge on any atom is -0.318 e. The second-order valence-corrected chi connectivity index (χ2v) is 5.78. The van der Waals surface area contributed by atoms with Crippen molar-refractivity contribution in [1.29, 1.82) is 0 Å². The van der Waals surface area contributed by atoms with Crippen LogP contribution in [0.25, 0.3) is 0 Å². The van der Waals surface area contributed by atoms with Crippen LogP contribution in [-0.2, 0) is 13.5 Å². The quantitative estimate of drug-likeness (QED) is 0.712. The third-order valence-corrected chi connectivity index (χ3v) is 3.74. The molecule has 2 heterocycles. The number of aryl methyl sites for hydroxylation is 1. The van der Waals surface area contributed by atoms with Gasteiger partial charge in [-0.1, -0.05) is 0 Å². The van der Waals surface area contributed by atoms with Crippen molar-refractivity contribution < 1.29 is 18.0 Å². The molecule has 9 heteroatoms. The van der Waals surface area contributed by atoms with Gasteiger partial charge in [-0.05, 0) is 35.9 Å². The summed E-state index contributed by atoms with van der Waals surface area (Å²) in [7, 11) is 1.52. The van der Waals surface area contributed by atoms with E-state index >= 15 is 0 Å². The number of pyridine rings is 1. The maximum atomic E-state index is 13.2. The smallest absolute Gasteiger partial charge is 0.258 e. The van der Waals surface area contributed by atoms with Gasteiger partial charge in [-0.2, -0.15) is 5.10 Å². The molecule has 0 bridgehead atoms. The Morgan fingerprint density at radius 1 is 1.07 bits per heavy atom. The SMILES string of the molecule is Cn1cc(C(=O)Nc2ccc(Cc3cc(F)c(F)c(F)c3)nn2)ccc1=O. The van der Waals surface area contributed by atoms with Crippen LogP contribution >= 0.6 is 0 Å². The number of nitrogens with one attached hydrogen (secondary N) is 1. The van der Waals surface area contributed by atoms with Crippen molar-refractivity contribution in [1.82, 2.24) is 14.8 Å². The van der Waals surface area contributed by atoms with E-state index in [4.69, 9.17) is 0 Å². The molecule has 27 heavy (non-hydrogen) atoms. The molecule has 3 rings (SSSR count). The number of carbonyl (C=O) groups is 1. The van der Waals surface area contributed by atoms with E-state index in [0.717, 1.165) is 12.1 Å². The Kier molecular flexibility index (Phi) is 5.02. The van der Waals surface area contributed by atoms with Crippen molar-refractivity contribution in [3.63, 3.8) is 0 Å². The number of anilines is 1. The fourth-order valence-corrected chi connectivity index (χ4v) is 2.36. The van der Waals surface area contributed by atoms with Gasteiger partial charge in [-0.25, -0.2) is 13.2 Å². The van der Waals surface area contributed by atoms with E-state index in [-0.39, 0.29) is 28.9 Å². The van der Waals surface area contributed by atoms with Crippen LogP contribution in [0, 0.1) is 17.5 Å². The monoisotopic (exact) mass is 374 g/mol. The van der Waals surface area contributed by atoms with E-state index in [1.807, 2.05) is 0 Å². The van der Waals surface area contributed by atoms with Gasteiger partial charge in [0.05, 0.1) is 11.3 Å². The topological polar surface area (TPSA) is 76.9 Å². The van der Waals surface area contributed by atoms with E-state index in [1.165, 1.54) is 42.1 Å². The summed E-state index contributed by atoms with van der Waals surface area (Å²) in [5, 5.41) is 10.2. The first-order chi connectivity index (χ1) is 12.8. The molecule has 0 aliphatic rings. The number of hydrogen-bond donors (Lipinski definition) is 1.